The molecule has 26 heavy (non-hydrogen) atoms. The van der Waals surface area contributed by atoms with E-state index >= 15 is 0 Å². The summed E-state index contributed by atoms with van der Waals surface area (Å²) in [7, 11) is 0. The predicted octanol–water partition coefficient (Wildman–Crippen LogP) is 4.41. The summed E-state index contributed by atoms with van der Waals surface area (Å²) in [6.07, 6.45) is -3.74. The first kappa shape index (κ1) is 17.8. The molecule has 0 amide bonds. The number of hydrogen-bond acceptors (Lipinski definition) is 4. The number of alkyl halides is 3. The van der Waals surface area contributed by atoms with Crippen LogP contribution in [0, 0.1) is 0 Å². The van der Waals surface area contributed by atoms with Crippen molar-refractivity contribution in [2.24, 2.45) is 0 Å². The second-order valence-corrected chi connectivity index (χ2v) is 5.56. The topological polar surface area (TPSA) is 38.8 Å². The van der Waals surface area contributed by atoms with Crippen LogP contribution in [0.2, 0.25) is 0 Å². The number of carbonyl (C=O) groups excluding carboxylic acids is 1. The van der Waals surface area contributed by atoms with Gasteiger partial charge in [-0.1, -0.05) is 30.3 Å². The Bertz CT molecular complexity index is 832. The minimum Gasteiger partial charge on any atom is -0.454 e. The van der Waals surface area contributed by atoms with Crippen LogP contribution in [-0.4, -0.2) is 25.3 Å². The van der Waals surface area contributed by atoms with Crippen LogP contribution in [0.25, 0.3) is 5.57 Å². The van der Waals surface area contributed by atoms with Gasteiger partial charge in [-0.05, 0) is 24.6 Å². The fraction of sp³-hybridized carbons (Fsp3) is 0.211. The number of benzene rings is 2. The van der Waals surface area contributed by atoms with E-state index in [-0.39, 0.29) is 12.4 Å². The highest BCUT2D eigenvalue weighted by atomic mass is 19.4. The van der Waals surface area contributed by atoms with E-state index in [1.54, 1.807) is 48.2 Å². The van der Waals surface area contributed by atoms with Crippen LogP contribution < -0.4 is 14.4 Å². The summed E-state index contributed by atoms with van der Waals surface area (Å²) >= 11 is 0. The number of hydrogen-bond donors (Lipinski definition) is 0. The lowest BCUT2D eigenvalue weighted by Crippen LogP contribution is -2.26. The Balaban J connectivity index is 2.03. The van der Waals surface area contributed by atoms with Gasteiger partial charge in [-0.25, -0.2) is 0 Å². The van der Waals surface area contributed by atoms with Gasteiger partial charge in [0.2, 0.25) is 6.79 Å². The van der Waals surface area contributed by atoms with Gasteiger partial charge in [-0.2, -0.15) is 13.2 Å². The molecule has 7 heteroatoms. The first-order chi connectivity index (χ1) is 12.4. The van der Waals surface area contributed by atoms with Crippen molar-refractivity contribution in [3.05, 3.63) is 60.3 Å². The van der Waals surface area contributed by atoms with Gasteiger partial charge < -0.3 is 14.4 Å². The van der Waals surface area contributed by atoms with Crippen LogP contribution in [0.1, 0.15) is 12.5 Å². The van der Waals surface area contributed by atoms with Crippen LogP contribution in [0.5, 0.6) is 11.5 Å². The zero-order chi connectivity index (χ0) is 18.7. The number of rotatable bonds is 5. The molecule has 136 valence electrons. The Hall–Kier alpha value is -2.96. The molecule has 1 aliphatic rings. The van der Waals surface area contributed by atoms with Gasteiger partial charge in [0.05, 0.1) is 5.57 Å². The molecule has 0 aromatic heterocycles. The van der Waals surface area contributed by atoms with Crippen molar-refractivity contribution < 1.29 is 27.4 Å². The molecule has 0 N–H and O–H groups in total. The summed E-state index contributed by atoms with van der Waals surface area (Å²) in [6, 6.07) is 12.9. The zero-order valence-electron chi connectivity index (χ0n) is 13.9. The van der Waals surface area contributed by atoms with Gasteiger partial charge in [0, 0.05) is 24.5 Å². The maximum atomic E-state index is 13.1. The van der Waals surface area contributed by atoms with Crippen LogP contribution in [0.3, 0.4) is 0 Å². The lowest BCUT2D eigenvalue weighted by Gasteiger charge is -2.21. The molecule has 0 radical (unpaired) electrons. The minimum atomic E-state index is -4.96. The van der Waals surface area contributed by atoms with Crippen LogP contribution >= 0.6 is 0 Å². The Labute approximate surface area is 148 Å². The van der Waals surface area contributed by atoms with Crippen molar-refractivity contribution in [1.29, 1.82) is 0 Å². The molecular formula is C19H16F3NO3. The van der Waals surface area contributed by atoms with Crippen molar-refractivity contribution in [3.63, 3.8) is 0 Å². The maximum Gasteiger partial charge on any atom is 0.454 e. The van der Waals surface area contributed by atoms with Crippen LogP contribution in [-0.2, 0) is 4.79 Å². The maximum absolute atomic E-state index is 13.1. The average Bonchev–Trinajstić information content (AvgIpc) is 3.10. The van der Waals surface area contributed by atoms with Crippen molar-refractivity contribution in [1.82, 2.24) is 0 Å². The van der Waals surface area contributed by atoms with Crippen molar-refractivity contribution >= 4 is 17.0 Å². The largest absolute Gasteiger partial charge is 0.454 e. The first-order valence-electron chi connectivity index (χ1n) is 7.95. The molecule has 2 aromatic carbocycles. The van der Waals surface area contributed by atoms with E-state index in [4.69, 9.17) is 9.47 Å². The highest BCUT2D eigenvalue weighted by Gasteiger charge is 2.41. The van der Waals surface area contributed by atoms with Gasteiger partial charge >= 0.3 is 6.18 Å². The Morgan fingerprint density at radius 1 is 1.12 bits per heavy atom. The fourth-order valence-electron chi connectivity index (χ4n) is 2.60. The summed E-state index contributed by atoms with van der Waals surface area (Å²) in [4.78, 5) is 13.5. The monoisotopic (exact) mass is 363 g/mol. The van der Waals surface area contributed by atoms with Crippen LogP contribution in [0.4, 0.5) is 18.9 Å². The van der Waals surface area contributed by atoms with E-state index in [0.717, 1.165) is 0 Å². The first-order valence-corrected chi connectivity index (χ1v) is 7.95. The zero-order valence-corrected chi connectivity index (χ0v) is 13.9. The van der Waals surface area contributed by atoms with E-state index in [0.29, 0.717) is 23.7 Å². The third-order valence-corrected chi connectivity index (χ3v) is 3.90. The lowest BCUT2D eigenvalue weighted by molar-refractivity contribution is -0.164. The number of nitrogens with zero attached hydrogens (tertiary/aromatic N) is 1. The number of anilines is 1. The molecule has 0 aliphatic carbocycles. The number of allylic oxidation sites excluding steroid dienone is 1. The summed E-state index contributed by atoms with van der Waals surface area (Å²) < 4.78 is 49.8. The van der Waals surface area contributed by atoms with Gasteiger partial charge in [0.1, 0.15) is 0 Å². The molecule has 3 rings (SSSR count). The fourth-order valence-corrected chi connectivity index (χ4v) is 2.60. The molecule has 0 fully saturated rings. The third kappa shape index (κ3) is 3.66. The number of carbonyl (C=O) groups is 1. The number of Topliss-reactive ketones (excluding diaryl/α,β-unsaturated/α-hetero) is 1. The highest BCUT2D eigenvalue weighted by Crippen LogP contribution is 2.36. The molecule has 1 heterocycles. The summed E-state index contributed by atoms with van der Waals surface area (Å²) in [5, 5.41) is 0. The molecule has 4 nitrogen and oxygen atoms in total. The predicted molar refractivity (Wildman–Crippen MR) is 91.1 cm³/mol. The van der Waals surface area contributed by atoms with E-state index in [1.165, 1.54) is 18.3 Å². The quantitative estimate of drug-likeness (QED) is 0.738. The molecule has 0 saturated carbocycles. The Morgan fingerprint density at radius 3 is 2.46 bits per heavy atom. The molecule has 0 atom stereocenters. The van der Waals surface area contributed by atoms with E-state index in [2.05, 4.69) is 0 Å². The van der Waals surface area contributed by atoms with Gasteiger partial charge in [-0.3, -0.25) is 4.79 Å². The number of fused-ring (bicyclic) bond motifs is 1. The molecule has 0 saturated heterocycles. The number of ether oxygens (including phenoxy) is 2. The van der Waals surface area contributed by atoms with Gasteiger partial charge in [0.15, 0.2) is 11.5 Å². The normalized spacial score (nSPS) is 13.6. The average molecular weight is 363 g/mol. The number of halogens is 3. The van der Waals surface area contributed by atoms with Crippen molar-refractivity contribution in [2.75, 3.05) is 18.2 Å². The second kappa shape index (κ2) is 7.11. The molecule has 2 aromatic rings. The Kier molecular flexibility index (Phi) is 4.88. The summed E-state index contributed by atoms with van der Waals surface area (Å²) in [5.41, 5.74) is 0.381. The lowest BCUT2D eigenvalue weighted by atomic mass is 10.0. The summed E-state index contributed by atoms with van der Waals surface area (Å²) in [6.45, 7) is 2.24. The molecule has 0 spiro atoms. The molecule has 1 aliphatic heterocycles. The van der Waals surface area contributed by atoms with E-state index in [9.17, 15) is 18.0 Å². The second-order valence-electron chi connectivity index (χ2n) is 5.56. The van der Waals surface area contributed by atoms with Crippen molar-refractivity contribution in [3.8, 4) is 11.5 Å². The van der Waals surface area contributed by atoms with E-state index < -0.39 is 17.5 Å². The minimum absolute atomic E-state index is 0.0998. The smallest absolute Gasteiger partial charge is 0.454 e. The summed E-state index contributed by atoms with van der Waals surface area (Å²) in [5.74, 6) is -0.802. The third-order valence-electron chi connectivity index (χ3n) is 3.90. The highest BCUT2D eigenvalue weighted by molar-refractivity contribution is 6.23. The van der Waals surface area contributed by atoms with Crippen molar-refractivity contribution in [2.45, 2.75) is 13.1 Å². The molecule has 0 bridgehead atoms. The SMILES string of the molecule is CCN(/C=C(\C(=O)C(F)(F)F)c1ccccc1)c1ccc2c(c1)OCO2. The standard InChI is InChI=1S/C19H16F3NO3/c1-2-23(14-8-9-16-17(10-14)26-12-25-16)11-15(18(24)19(20,21)22)13-6-4-3-5-7-13/h3-11H,2,12H2,1H3/b15-11-. The number of ketones is 1. The molecule has 0 unspecified atom stereocenters. The van der Waals surface area contributed by atoms with Gasteiger partial charge in [0.25, 0.3) is 5.78 Å². The van der Waals surface area contributed by atoms with E-state index in [1.807, 2.05) is 0 Å². The van der Waals surface area contributed by atoms with Crippen LogP contribution in [0.15, 0.2) is 54.7 Å². The Morgan fingerprint density at radius 2 is 1.81 bits per heavy atom. The van der Waals surface area contributed by atoms with Gasteiger partial charge in [-0.15, -0.1) is 0 Å². The molecular weight excluding hydrogens is 347 g/mol.